The summed E-state index contributed by atoms with van der Waals surface area (Å²) in [7, 11) is 1.91. The number of allylic oxidation sites excluding steroid dienone is 2. The van der Waals surface area contributed by atoms with Crippen molar-refractivity contribution in [1.82, 2.24) is 4.90 Å². The van der Waals surface area contributed by atoms with E-state index >= 15 is 0 Å². The molecule has 16 heavy (non-hydrogen) atoms. The number of carbonyl (C=O) groups excluding carboxylic acids is 1. The van der Waals surface area contributed by atoms with Crippen molar-refractivity contribution in [2.75, 3.05) is 13.6 Å². The van der Waals surface area contributed by atoms with Gasteiger partial charge in [0.15, 0.2) is 0 Å². The van der Waals surface area contributed by atoms with Gasteiger partial charge in [0.05, 0.1) is 0 Å². The van der Waals surface area contributed by atoms with Crippen molar-refractivity contribution in [2.45, 2.75) is 52.9 Å². The highest BCUT2D eigenvalue weighted by Gasteiger charge is 2.09. The summed E-state index contributed by atoms with van der Waals surface area (Å²) < 4.78 is 0. The molecule has 0 fully saturated rings. The Morgan fingerprint density at radius 2 is 1.94 bits per heavy atom. The van der Waals surface area contributed by atoms with Gasteiger partial charge in [0, 0.05) is 20.0 Å². The SMILES string of the molecule is CC/C=C/CCCCN(C)C(=O)CC(C)C. The Bertz CT molecular complexity index is 209. The molecule has 0 aromatic heterocycles. The minimum absolute atomic E-state index is 0.277. The molecule has 0 atom stereocenters. The zero-order chi connectivity index (χ0) is 12.4. The first-order chi connectivity index (χ1) is 7.57. The van der Waals surface area contributed by atoms with Gasteiger partial charge in [0.25, 0.3) is 0 Å². The average molecular weight is 225 g/mol. The Morgan fingerprint density at radius 1 is 1.25 bits per heavy atom. The number of hydrogen-bond acceptors (Lipinski definition) is 1. The third-order valence-corrected chi connectivity index (χ3v) is 2.53. The number of carbonyl (C=O) groups is 1. The molecule has 0 aromatic carbocycles. The molecule has 0 radical (unpaired) electrons. The Hall–Kier alpha value is -0.790. The Labute approximate surface area is 101 Å². The molecule has 2 nitrogen and oxygen atoms in total. The molecule has 0 rings (SSSR count). The van der Waals surface area contributed by atoms with Gasteiger partial charge in [-0.15, -0.1) is 0 Å². The van der Waals surface area contributed by atoms with Crippen LogP contribution in [-0.4, -0.2) is 24.4 Å². The molecule has 0 heterocycles. The summed E-state index contributed by atoms with van der Waals surface area (Å²) in [4.78, 5) is 13.5. The zero-order valence-corrected chi connectivity index (χ0v) is 11.3. The first-order valence-electron chi connectivity index (χ1n) is 6.46. The molecular formula is C14H27NO. The van der Waals surface area contributed by atoms with Gasteiger partial charge >= 0.3 is 0 Å². The molecule has 2 heteroatoms. The largest absolute Gasteiger partial charge is 0.346 e. The number of nitrogens with zero attached hydrogens (tertiary/aromatic N) is 1. The van der Waals surface area contributed by atoms with Gasteiger partial charge in [0.2, 0.25) is 5.91 Å². The van der Waals surface area contributed by atoms with Crippen molar-refractivity contribution in [3.05, 3.63) is 12.2 Å². The van der Waals surface area contributed by atoms with Gasteiger partial charge in [-0.2, -0.15) is 0 Å². The van der Waals surface area contributed by atoms with Crippen LogP contribution in [0.15, 0.2) is 12.2 Å². The minimum Gasteiger partial charge on any atom is -0.346 e. The zero-order valence-electron chi connectivity index (χ0n) is 11.3. The fraction of sp³-hybridized carbons (Fsp3) is 0.786. The summed E-state index contributed by atoms with van der Waals surface area (Å²) >= 11 is 0. The number of unbranched alkanes of at least 4 members (excludes halogenated alkanes) is 2. The van der Waals surface area contributed by atoms with E-state index in [0.717, 1.165) is 25.8 Å². The molecular weight excluding hydrogens is 198 g/mol. The second kappa shape index (κ2) is 9.44. The van der Waals surface area contributed by atoms with E-state index in [1.165, 1.54) is 6.42 Å². The van der Waals surface area contributed by atoms with Crippen molar-refractivity contribution in [1.29, 1.82) is 0 Å². The predicted molar refractivity (Wildman–Crippen MR) is 70.4 cm³/mol. The summed E-state index contributed by atoms with van der Waals surface area (Å²) in [5, 5.41) is 0. The van der Waals surface area contributed by atoms with E-state index in [2.05, 4.69) is 32.9 Å². The summed E-state index contributed by atoms with van der Waals surface area (Å²) in [6, 6.07) is 0. The summed E-state index contributed by atoms with van der Waals surface area (Å²) in [5.74, 6) is 0.738. The second-order valence-electron chi connectivity index (χ2n) is 4.79. The van der Waals surface area contributed by atoms with Crippen molar-refractivity contribution in [3.63, 3.8) is 0 Å². The van der Waals surface area contributed by atoms with Crippen LogP contribution in [0, 0.1) is 5.92 Å². The van der Waals surface area contributed by atoms with Crippen LogP contribution >= 0.6 is 0 Å². The maximum atomic E-state index is 11.6. The molecule has 1 amide bonds. The van der Waals surface area contributed by atoms with E-state index in [1.54, 1.807) is 0 Å². The van der Waals surface area contributed by atoms with Gasteiger partial charge in [0.1, 0.15) is 0 Å². The molecule has 0 saturated heterocycles. The number of rotatable bonds is 8. The molecule has 0 bridgehead atoms. The van der Waals surface area contributed by atoms with E-state index < -0.39 is 0 Å². The van der Waals surface area contributed by atoms with Crippen molar-refractivity contribution in [3.8, 4) is 0 Å². The standard InChI is InChI=1S/C14H27NO/c1-5-6-7-8-9-10-11-15(4)14(16)12-13(2)3/h6-7,13H,5,8-12H2,1-4H3/b7-6+. The van der Waals surface area contributed by atoms with Crippen LogP contribution in [0.25, 0.3) is 0 Å². The average Bonchev–Trinajstić information content (AvgIpc) is 2.21. The Morgan fingerprint density at radius 3 is 2.50 bits per heavy atom. The number of amides is 1. The summed E-state index contributed by atoms with van der Waals surface area (Å²) in [6.07, 6.45) is 9.65. The quantitative estimate of drug-likeness (QED) is 0.456. The lowest BCUT2D eigenvalue weighted by Gasteiger charge is -2.17. The van der Waals surface area contributed by atoms with Gasteiger partial charge < -0.3 is 4.90 Å². The first-order valence-corrected chi connectivity index (χ1v) is 6.46. The van der Waals surface area contributed by atoms with Gasteiger partial charge in [-0.05, 0) is 31.6 Å². The third-order valence-electron chi connectivity index (χ3n) is 2.53. The topological polar surface area (TPSA) is 20.3 Å². The van der Waals surface area contributed by atoms with Crippen LogP contribution in [0.2, 0.25) is 0 Å². The smallest absolute Gasteiger partial charge is 0.222 e. The molecule has 0 N–H and O–H groups in total. The maximum absolute atomic E-state index is 11.6. The van der Waals surface area contributed by atoms with E-state index in [1.807, 2.05) is 11.9 Å². The summed E-state index contributed by atoms with van der Waals surface area (Å²) in [5.41, 5.74) is 0. The molecule has 94 valence electrons. The highest BCUT2D eigenvalue weighted by Crippen LogP contribution is 2.05. The molecule has 0 aromatic rings. The van der Waals surface area contributed by atoms with Crippen LogP contribution in [-0.2, 0) is 4.79 Å². The van der Waals surface area contributed by atoms with Crippen LogP contribution in [0.5, 0.6) is 0 Å². The highest BCUT2D eigenvalue weighted by molar-refractivity contribution is 5.75. The second-order valence-corrected chi connectivity index (χ2v) is 4.79. The van der Waals surface area contributed by atoms with Crippen molar-refractivity contribution in [2.24, 2.45) is 5.92 Å². The molecule has 0 aliphatic rings. The monoisotopic (exact) mass is 225 g/mol. The minimum atomic E-state index is 0.277. The van der Waals surface area contributed by atoms with Gasteiger partial charge in [-0.1, -0.05) is 32.9 Å². The Balaban J connectivity index is 3.53. The van der Waals surface area contributed by atoms with Gasteiger partial charge in [-0.3, -0.25) is 4.79 Å². The van der Waals surface area contributed by atoms with Gasteiger partial charge in [-0.25, -0.2) is 0 Å². The fourth-order valence-corrected chi connectivity index (χ4v) is 1.53. The fourth-order valence-electron chi connectivity index (χ4n) is 1.53. The van der Waals surface area contributed by atoms with E-state index in [9.17, 15) is 4.79 Å². The lowest BCUT2D eigenvalue weighted by molar-refractivity contribution is -0.130. The van der Waals surface area contributed by atoms with E-state index in [-0.39, 0.29) is 5.91 Å². The predicted octanol–water partition coefficient (Wildman–Crippen LogP) is 3.63. The van der Waals surface area contributed by atoms with Crippen LogP contribution < -0.4 is 0 Å². The number of hydrogen-bond donors (Lipinski definition) is 0. The normalized spacial score (nSPS) is 11.3. The molecule has 0 saturated carbocycles. The third kappa shape index (κ3) is 8.51. The lowest BCUT2D eigenvalue weighted by Crippen LogP contribution is -2.28. The van der Waals surface area contributed by atoms with Crippen molar-refractivity contribution >= 4 is 5.91 Å². The maximum Gasteiger partial charge on any atom is 0.222 e. The van der Waals surface area contributed by atoms with Crippen LogP contribution in [0.1, 0.15) is 52.9 Å². The first kappa shape index (κ1) is 15.2. The highest BCUT2D eigenvalue weighted by atomic mass is 16.2. The molecule has 0 unspecified atom stereocenters. The molecule has 0 aliphatic heterocycles. The van der Waals surface area contributed by atoms with E-state index in [4.69, 9.17) is 0 Å². The van der Waals surface area contributed by atoms with Crippen LogP contribution in [0.3, 0.4) is 0 Å². The van der Waals surface area contributed by atoms with E-state index in [0.29, 0.717) is 12.3 Å². The van der Waals surface area contributed by atoms with Crippen molar-refractivity contribution < 1.29 is 4.79 Å². The molecule has 0 aliphatic carbocycles. The lowest BCUT2D eigenvalue weighted by atomic mass is 10.1. The molecule has 0 spiro atoms. The summed E-state index contributed by atoms with van der Waals surface area (Å²) in [6.45, 7) is 7.21. The Kier molecular flexibility index (Phi) is 8.97. The van der Waals surface area contributed by atoms with Crippen LogP contribution in [0.4, 0.5) is 0 Å².